The smallest absolute Gasteiger partial charge is 0.315 e. The summed E-state index contributed by atoms with van der Waals surface area (Å²) in [4.78, 5) is 11.6. The summed E-state index contributed by atoms with van der Waals surface area (Å²) in [5, 5.41) is 5.38. The van der Waals surface area contributed by atoms with E-state index in [0.717, 1.165) is 12.8 Å². The Balaban J connectivity index is 2.22. The number of hydrogen-bond donors (Lipinski definition) is 2. The molecule has 0 aliphatic heterocycles. The second-order valence-electron chi connectivity index (χ2n) is 5.06. The molecule has 1 rings (SSSR count). The molecule has 0 saturated heterocycles. The predicted molar refractivity (Wildman–Crippen MR) is 85.1 cm³/mol. The van der Waals surface area contributed by atoms with Crippen LogP contribution in [0.2, 0.25) is 0 Å². The molecule has 0 spiro atoms. The number of aryl methyl sites for hydroxylation is 1. The molecule has 5 nitrogen and oxygen atoms in total. The lowest BCUT2D eigenvalue weighted by atomic mass is 10.1. The van der Waals surface area contributed by atoms with Crippen molar-refractivity contribution in [1.29, 1.82) is 0 Å². The van der Waals surface area contributed by atoms with Gasteiger partial charge in [0.05, 0.1) is 5.75 Å². The molecule has 0 aromatic heterocycles. The normalized spacial score (nSPS) is 12.7. The lowest BCUT2D eigenvalue weighted by molar-refractivity contribution is 0.238. The molecule has 21 heavy (non-hydrogen) atoms. The number of nitrogens with one attached hydrogen (secondary N) is 2. The monoisotopic (exact) mass is 312 g/mol. The van der Waals surface area contributed by atoms with Gasteiger partial charge >= 0.3 is 6.03 Å². The molecule has 2 amide bonds. The van der Waals surface area contributed by atoms with Gasteiger partial charge in [-0.3, -0.25) is 0 Å². The Bertz CT molecular complexity index is 529. The van der Waals surface area contributed by atoms with Gasteiger partial charge in [0.25, 0.3) is 0 Å². The minimum Gasteiger partial charge on any atom is -0.337 e. The Morgan fingerprint density at radius 3 is 2.52 bits per heavy atom. The van der Waals surface area contributed by atoms with Crippen LogP contribution in [0.1, 0.15) is 25.8 Å². The molecule has 2 N–H and O–H groups in total. The van der Waals surface area contributed by atoms with Crippen molar-refractivity contribution in [2.75, 3.05) is 18.1 Å². The summed E-state index contributed by atoms with van der Waals surface area (Å²) in [6.07, 6.45) is 1.73. The van der Waals surface area contributed by atoms with Crippen molar-refractivity contribution < 1.29 is 13.2 Å². The van der Waals surface area contributed by atoms with Gasteiger partial charge in [-0.1, -0.05) is 37.3 Å². The maximum Gasteiger partial charge on any atom is 0.315 e. The highest BCUT2D eigenvalue weighted by atomic mass is 32.2. The van der Waals surface area contributed by atoms with Gasteiger partial charge in [0.2, 0.25) is 0 Å². The highest BCUT2D eigenvalue weighted by Gasteiger charge is 2.10. The molecule has 1 unspecified atom stereocenters. The van der Waals surface area contributed by atoms with E-state index in [0.29, 0.717) is 0 Å². The standard InChI is InChI=1S/C15H24N2O3S/c1-3-21(19,20)12-11-16-15(18)17-13(2)9-10-14-7-5-4-6-8-14/h4-8,13H,3,9-12H2,1-2H3,(H2,16,17,18). The Kier molecular flexibility index (Phi) is 7.22. The number of benzene rings is 1. The minimum atomic E-state index is -3.03. The summed E-state index contributed by atoms with van der Waals surface area (Å²) < 4.78 is 22.6. The summed E-state index contributed by atoms with van der Waals surface area (Å²) in [5.41, 5.74) is 1.24. The van der Waals surface area contributed by atoms with Crippen LogP contribution >= 0.6 is 0 Å². The van der Waals surface area contributed by atoms with E-state index in [2.05, 4.69) is 22.8 Å². The minimum absolute atomic E-state index is 0.0185. The van der Waals surface area contributed by atoms with E-state index in [1.165, 1.54) is 5.56 Å². The van der Waals surface area contributed by atoms with E-state index >= 15 is 0 Å². The van der Waals surface area contributed by atoms with Crippen LogP contribution in [-0.4, -0.2) is 38.5 Å². The van der Waals surface area contributed by atoms with Crippen LogP contribution in [0.15, 0.2) is 30.3 Å². The van der Waals surface area contributed by atoms with Crippen LogP contribution in [0.3, 0.4) is 0 Å². The number of sulfone groups is 1. The van der Waals surface area contributed by atoms with E-state index in [1.54, 1.807) is 6.92 Å². The van der Waals surface area contributed by atoms with Gasteiger partial charge in [0.1, 0.15) is 0 Å². The zero-order valence-corrected chi connectivity index (χ0v) is 13.4. The SMILES string of the molecule is CCS(=O)(=O)CCNC(=O)NC(C)CCc1ccccc1. The Hall–Kier alpha value is -1.56. The molecule has 0 saturated carbocycles. The van der Waals surface area contributed by atoms with E-state index in [1.807, 2.05) is 25.1 Å². The second kappa shape index (κ2) is 8.67. The molecule has 6 heteroatoms. The summed E-state index contributed by atoms with van der Waals surface area (Å²) in [6, 6.07) is 9.80. The lowest BCUT2D eigenvalue weighted by Crippen LogP contribution is -2.42. The first-order chi connectivity index (χ1) is 9.93. The quantitative estimate of drug-likeness (QED) is 0.768. The molecule has 1 aromatic carbocycles. The van der Waals surface area contributed by atoms with Crippen molar-refractivity contribution in [2.45, 2.75) is 32.7 Å². The first-order valence-corrected chi connectivity index (χ1v) is 9.04. The number of amides is 2. The number of hydrogen-bond acceptors (Lipinski definition) is 3. The highest BCUT2D eigenvalue weighted by molar-refractivity contribution is 7.91. The van der Waals surface area contributed by atoms with E-state index in [-0.39, 0.29) is 30.1 Å². The van der Waals surface area contributed by atoms with Gasteiger partial charge in [-0.05, 0) is 25.3 Å². The topological polar surface area (TPSA) is 75.3 Å². The fraction of sp³-hybridized carbons (Fsp3) is 0.533. The maximum atomic E-state index is 11.6. The van der Waals surface area contributed by atoms with E-state index in [4.69, 9.17) is 0 Å². The van der Waals surface area contributed by atoms with Crippen LogP contribution in [0.25, 0.3) is 0 Å². The first-order valence-electron chi connectivity index (χ1n) is 7.21. The van der Waals surface area contributed by atoms with Crippen molar-refractivity contribution in [1.82, 2.24) is 10.6 Å². The van der Waals surface area contributed by atoms with Gasteiger partial charge in [0.15, 0.2) is 9.84 Å². The molecule has 0 fully saturated rings. The average Bonchev–Trinajstić information content (AvgIpc) is 2.46. The van der Waals surface area contributed by atoms with Crippen LogP contribution in [0.5, 0.6) is 0 Å². The summed E-state index contributed by atoms with van der Waals surface area (Å²) in [6.45, 7) is 3.68. The Morgan fingerprint density at radius 1 is 1.24 bits per heavy atom. The molecule has 0 aliphatic rings. The summed E-state index contributed by atoms with van der Waals surface area (Å²) in [7, 11) is -3.03. The molecular weight excluding hydrogens is 288 g/mol. The van der Waals surface area contributed by atoms with E-state index < -0.39 is 9.84 Å². The predicted octanol–water partition coefficient (Wildman–Crippen LogP) is 1.74. The van der Waals surface area contributed by atoms with E-state index in [9.17, 15) is 13.2 Å². The van der Waals surface area contributed by atoms with Gasteiger partial charge in [-0.2, -0.15) is 0 Å². The average molecular weight is 312 g/mol. The van der Waals surface area contributed by atoms with Gasteiger partial charge in [-0.25, -0.2) is 13.2 Å². The second-order valence-corrected chi connectivity index (χ2v) is 7.53. The third kappa shape index (κ3) is 7.70. The molecule has 1 atom stereocenters. The van der Waals surface area contributed by atoms with Crippen molar-refractivity contribution in [3.63, 3.8) is 0 Å². The molecule has 0 heterocycles. The molecule has 1 aromatic rings. The zero-order chi connectivity index (χ0) is 15.7. The molecule has 0 aliphatic carbocycles. The first kappa shape index (κ1) is 17.5. The Morgan fingerprint density at radius 2 is 1.90 bits per heavy atom. The summed E-state index contributed by atoms with van der Waals surface area (Å²) in [5.74, 6) is 0.0824. The largest absolute Gasteiger partial charge is 0.337 e. The van der Waals surface area contributed by atoms with Crippen LogP contribution in [0.4, 0.5) is 4.79 Å². The van der Waals surface area contributed by atoms with Gasteiger partial charge in [-0.15, -0.1) is 0 Å². The van der Waals surface area contributed by atoms with Crippen molar-refractivity contribution in [2.24, 2.45) is 0 Å². The number of carbonyl (C=O) groups excluding carboxylic acids is 1. The number of urea groups is 1. The zero-order valence-electron chi connectivity index (χ0n) is 12.6. The van der Waals surface area contributed by atoms with Crippen molar-refractivity contribution in [3.8, 4) is 0 Å². The van der Waals surface area contributed by atoms with Crippen molar-refractivity contribution in [3.05, 3.63) is 35.9 Å². The molecule has 118 valence electrons. The van der Waals surface area contributed by atoms with Gasteiger partial charge < -0.3 is 10.6 Å². The van der Waals surface area contributed by atoms with Crippen LogP contribution in [-0.2, 0) is 16.3 Å². The molecule has 0 bridgehead atoms. The molecular formula is C15H24N2O3S. The Labute approximate surface area is 127 Å². The number of rotatable bonds is 8. The van der Waals surface area contributed by atoms with Gasteiger partial charge in [0, 0.05) is 18.3 Å². The van der Waals surface area contributed by atoms with Crippen LogP contribution < -0.4 is 10.6 Å². The third-order valence-corrected chi connectivity index (χ3v) is 4.93. The number of carbonyl (C=O) groups is 1. The fourth-order valence-electron chi connectivity index (χ4n) is 1.84. The maximum absolute atomic E-state index is 11.6. The molecule has 0 radical (unpaired) electrons. The highest BCUT2D eigenvalue weighted by Crippen LogP contribution is 2.04. The fourth-order valence-corrected chi connectivity index (χ4v) is 2.54. The van der Waals surface area contributed by atoms with Crippen LogP contribution in [0, 0.1) is 0 Å². The summed E-state index contributed by atoms with van der Waals surface area (Å²) >= 11 is 0. The van der Waals surface area contributed by atoms with Crippen molar-refractivity contribution >= 4 is 15.9 Å². The third-order valence-electron chi connectivity index (χ3n) is 3.22. The lowest BCUT2D eigenvalue weighted by Gasteiger charge is -2.14.